The maximum Gasteiger partial charge on any atom is 0.165 e. The van der Waals surface area contributed by atoms with Crippen LogP contribution in [-0.2, 0) is 7.05 Å². The molecule has 3 rings (SSSR count). The lowest BCUT2D eigenvalue weighted by atomic mass is 10.2. The van der Waals surface area contributed by atoms with Gasteiger partial charge in [0.05, 0.1) is 0 Å². The third-order valence-electron chi connectivity index (χ3n) is 4.21. The van der Waals surface area contributed by atoms with Gasteiger partial charge in [-0.3, -0.25) is 0 Å². The minimum Gasteiger partial charge on any atom is -0.324 e. The van der Waals surface area contributed by atoms with E-state index in [1.165, 1.54) is 28.3 Å². The predicted octanol–water partition coefficient (Wildman–Crippen LogP) is 1.67. The van der Waals surface area contributed by atoms with Crippen LogP contribution in [0, 0.1) is 5.92 Å². The predicted molar refractivity (Wildman–Crippen MR) is 81.3 cm³/mol. The van der Waals surface area contributed by atoms with Crippen molar-refractivity contribution >= 4 is 24.8 Å². The molecule has 0 amide bonds. The molecule has 0 atom stereocenters. The van der Waals surface area contributed by atoms with Crippen molar-refractivity contribution in [1.82, 2.24) is 14.8 Å². The van der Waals surface area contributed by atoms with E-state index in [1.807, 2.05) is 12.4 Å². The highest BCUT2D eigenvalue weighted by Gasteiger charge is 2.50. The summed E-state index contributed by atoms with van der Waals surface area (Å²) in [5.74, 6) is 0.802. The zero-order chi connectivity index (χ0) is 13.5. The van der Waals surface area contributed by atoms with Crippen LogP contribution in [0.25, 0.3) is 6.08 Å². The number of rotatable bonds is 3. The second kappa shape index (κ2) is 4.45. The second-order valence-corrected chi connectivity index (χ2v) is 9.70. The van der Waals surface area contributed by atoms with Crippen molar-refractivity contribution in [2.24, 2.45) is 13.0 Å². The number of aromatic nitrogens is 3. The molecule has 1 aliphatic rings. The van der Waals surface area contributed by atoms with Crippen LogP contribution in [0.2, 0.25) is 12.1 Å². The Hall–Kier alpha value is -1.68. The number of nitrogens with zero attached hydrogens (tertiary/aromatic N) is 3. The fraction of sp³-hybridized carbons (Fsp3) is 0.333. The lowest BCUT2D eigenvalue weighted by molar-refractivity contribution is 0.639. The van der Waals surface area contributed by atoms with E-state index in [1.54, 1.807) is 0 Å². The van der Waals surface area contributed by atoms with Crippen LogP contribution in [0.4, 0.5) is 0 Å². The maximum absolute atomic E-state index is 4.43. The molecule has 98 valence electrons. The summed E-state index contributed by atoms with van der Waals surface area (Å²) in [4.78, 5) is 0. The van der Waals surface area contributed by atoms with Gasteiger partial charge in [0.15, 0.2) is 8.07 Å². The van der Waals surface area contributed by atoms with Crippen LogP contribution in [-0.4, -0.2) is 22.8 Å². The van der Waals surface area contributed by atoms with E-state index < -0.39 is 8.07 Å². The van der Waals surface area contributed by atoms with Gasteiger partial charge in [-0.15, -0.1) is 10.2 Å². The average molecular weight is 269 g/mol. The first kappa shape index (κ1) is 12.4. The van der Waals surface area contributed by atoms with Crippen LogP contribution in [0.1, 0.15) is 12.5 Å². The van der Waals surface area contributed by atoms with E-state index >= 15 is 0 Å². The van der Waals surface area contributed by atoms with E-state index in [9.17, 15) is 0 Å². The molecule has 1 aromatic carbocycles. The largest absolute Gasteiger partial charge is 0.324 e. The van der Waals surface area contributed by atoms with Crippen molar-refractivity contribution in [2.75, 3.05) is 0 Å². The molecule has 19 heavy (non-hydrogen) atoms. The van der Waals surface area contributed by atoms with E-state index in [2.05, 4.69) is 59.6 Å². The maximum atomic E-state index is 4.43. The Morgan fingerprint density at radius 3 is 2.79 bits per heavy atom. The number of hydrogen-bond donors (Lipinski definition) is 0. The molecule has 2 aromatic rings. The van der Waals surface area contributed by atoms with Crippen LogP contribution in [0.15, 0.2) is 37.2 Å². The van der Waals surface area contributed by atoms with E-state index in [0.717, 1.165) is 5.92 Å². The molecule has 3 nitrogen and oxygen atoms in total. The molecule has 1 aliphatic heterocycles. The average Bonchev–Trinajstić information content (AvgIpc) is 2.81. The van der Waals surface area contributed by atoms with E-state index in [0.29, 0.717) is 0 Å². The Morgan fingerprint density at radius 2 is 2.21 bits per heavy atom. The van der Waals surface area contributed by atoms with Gasteiger partial charge >= 0.3 is 0 Å². The Morgan fingerprint density at radius 1 is 1.42 bits per heavy atom. The molecular formula is C15H19N3Si. The van der Waals surface area contributed by atoms with Gasteiger partial charge in [-0.05, 0) is 28.8 Å². The molecule has 2 heterocycles. The van der Waals surface area contributed by atoms with Crippen molar-refractivity contribution in [1.29, 1.82) is 0 Å². The fourth-order valence-electron chi connectivity index (χ4n) is 3.36. The molecule has 1 aromatic heterocycles. The monoisotopic (exact) mass is 269 g/mol. The van der Waals surface area contributed by atoms with Crippen molar-refractivity contribution in [2.45, 2.75) is 19.0 Å². The molecule has 0 saturated carbocycles. The summed E-state index contributed by atoms with van der Waals surface area (Å²) in [5.41, 5.74) is 2.41. The Bertz CT molecular complexity index is 611. The van der Waals surface area contributed by atoms with Crippen molar-refractivity contribution in [3.63, 3.8) is 0 Å². The second-order valence-electron chi connectivity index (χ2n) is 5.69. The first-order valence-electron chi connectivity index (χ1n) is 6.73. The van der Waals surface area contributed by atoms with Crippen LogP contribution >= 0.6 is 0 Å². The number of hydrogen-bond acceptors (Lipinski definition) is 2. The van der Waals surface area contributed by atoms with Gasteiger partial charge in [-0.2, -0.15) is 0 Å². The van der Waals surface area contributed by atoms with Gasteiger partial charge in [0.1, 0.15) is 11.8 Å². The molecule has 0 spiro atoms. The van der Waals surface area contributed by atoms with Crippen molar-refractivity contribution < 1.29 is 0 Å². The van der Waals surface area contributed by atoms with Crippen LogP contribution in [0.3, 0.4) is 0 Å². The topological polar surface area (TPSA) is 30.7 Å². The molecule has 4 heteroatoms. The summed E-state index contributed by atoms with van der Waals surface area (Å²) in [7, 11) is 0.403. The van der Waals surface area contributed by atoms with Crippen LogP contribution < -0.4 is 10.6 Å². The van der Waals surface area contributed by atoms with E-state index in [4.69, 9.17) is 0 Å². The molecule has 0 aliphatic carbocycles. The Kier molecular flexibility index (Phi) is 2.90. The smallest absolute Gasteiger partial charge is 0.165 e. The SMILES string of the molecule is C=Cc1cccc([Si]2(c3nncn3C)CC(C)C2)c1. The first-order chi connectivity index (χ1) is 9.15. The van der Waals surface area contributed by atoms with Gasteiger partial charge in [0.2, 0.25) is 0 Å². The molecule has 0 radical (unpaired) electrons. The molecule has 1 saturated heterocycles. The summed E-state index contributed by atoms with van der Waals surface area (Å²) in [5, 5.41) is 9.99. The minimum absolute atomic E-state index is 0.802. The molecule has 0 N–H and O–H groups in total. The third kappa shape index (κ3) is 1.87. The summed E-state index contributed by atoms with van der Waals surface area (Å²) in [6.07, 6.45) is 3.74. The zero-order valence-corrected chi connectivity index (χ0v) is 12.5. The number of aryl methyl sites for hydroxylation is 1. The van der Waals surface area contributed by atoms with Gasteiger partial charge in [0.25, 0.3) is 0 Å². The summed E-state index contributed by atoms with van der Waals surface area (Å²) in [6, 6.07) is 11.4. The standard InChI is InChI=1S/C15H19N3Si/c1-4-13-6-5-7-14(8-13)19(9-12(2)10-19)15-17-16-11-18(15)3/h4-8,11-12H,1,9-10H2,2-3H3. The van der Waals surface area contributed by atoms with Crippen molar-refractivity contribution in [3.8, 4) is 0 Å². The van der Waals surface area contributed by atoms with Gasteiger partial charge in [-0.25, -0.2) is 0 Å². The zero-order valence-electron chi connectivity index (χ0n) is 11.5. The van der Waals surface area contributed by atoms with Gasteiger partial charge in [0, 0.05) is 7.05 Å². The van der Waals surface area contributed by atoms with Gasteiger partial charge in [-0.1, -0.05) is 43.8 Å². The Labute approximate surface area is 115 Å². The Balaban J connectivity index is 2.11. The third-order valence-corrected chi connectivity index (χ3v) is 9.72. The quantitative estimate of drug-likeness (QED) is 0.794. The lowest BCUT2D eigenvalue weighted by Crippen LogP contribution is -2.68. The molecular weight excluding hydrogens is 250 g/mol. The normalized spacial score (nSPS) is 25.9. The highest BCUT2D eigenvalue weighted by Crippen LogP contribution is 2.37. The summed E-state index contributed by atoms with van der Waals surface area (Å²) in [6.45, 7) is 6.21. The van der Waals surface area contributed by atoms with Crippen LogP contribution in [0.5, 0.6) is 0 Å². The lowest BCUT2D eigenvalue weighted by Gasteiger charge is -2.43. The molecule has 0 unspecified atom stereocenters. The highest BCUT2D eigenvalue weighted by molar-refractivity contribution is 7.03. The fourth-order valence-corrected chi connectivity index (χ4v) is 8.55. The van der Waals surface area contributed by atoms with Crippen molar-refractivity contribution in [3.05, 3.63) is 42.7 Å². The highest BCUT2D eigenvalue weighted by atomic mass is 28.3. The molecule has 0 bridgehead atoms. The summed E-state index contributed by atoms with van der Waals surface area (Å²) < 4.78 is 2.11. The number of benzene rings is 1. The first-order valence-corrected chi connectivity index (χ1v) is 9.14. The minimum atomic E-state index is -1.66. The summed E-state index contributed by atoms with van der Waals surface area (Å²) >= 11 is 0. The van der Waals surface area contributed by atoms with E-state index in [-0.39, 0.29) is 0 Å². The molecule has 1 fully saturated rings. The van der Waals surface area contributed by atoms with Gasteiger partial charge < -0.3 is 4.57 Å².